The van der Waals surface area contributed by atoms with E-state index in [0.29, 0.717) is 0 Å². The molecule has 0 aliphatic carbocycles. The predicted octanol–water partition coefficient (Wildman–Crippen LogP) is 3.36. The number of aromatic amines is 1. The van der Waals surface area contributed by atoms with Crippen molar-refractivity contribution >= 4 is 0 Å². The van der Waals surface area contributed by atoms with E-state index >= 15 is 0 Å². The van der Waals surface area contributed by atoms with Crippen LogP contribution in [0.2, 0.25) is 0 Å². The summed E-state index contributed by atoms with van der Waals surface area (Å²) in [5.41, 5.74) is 4.40. The van der Waals surface area contributed by atoms with Crippen LogP contribution in [0.25, 0.3) is 0 Å². The number of aryl methyl sites for hydroxylation is 4. The van der Waals surface area contributed by atoms with Crippen molar-refractivity contribution in [3.8, 4) is 0 Å². The average molecular weight is 219 g/mol. The highest BCUT2D eigenvalue weighted by Gasteiger charge is 1.83. The highest BCUT2D eigenvalue weighted by molar-refractivity contribution is 5.09. The second-order valence-corrected chi connectivity index (χ2v) is 3.64. The van der Waals surface area contributed by atoms with Crippen molar-refractivity contribution in [1.82, 2.24) is 15.2 Å². The molecule has 3 heteroatoms. The Kier molecular flexibility index (Phi) is 6.08. The van der Waals surface area contributed by atoms with Crippen molar-refractivity contribution in [3.63, 3.8) is 0 Å². The lowest BCUT2D eigenvalue weighted by molar-refractivity contribution is 0.941. The summed E-state index contributed by atoms with van der Waals surface area (Å²) in [7, 11) is 0. The van der Waals surface area contributed by atoms with Crippen LogP contribution in [0.4, 0.5) is 0 Å². The molecule has 0 amide bonds. The molecule has 1 N–H and O–H groups in total. The van der Waals surface area contributed by atoms with E-state index in [1.165, 1.54) is 11.4 Å². The molecule has 2 heterocycles. The number of nitrogens with zero attached hydrogens (tertiary/aromatic N) is 2. The van der Waals surface area contributed by atoms with Crippen molar-refractivity contribution < 1.29 is 0 Å². The number of hydrogen-bond donors (Lipinski definition) is 1. The first-order valence-electron chi connectivity index (χ1n) is 4.97. The summed E-state index contributed by atoms with van der Waals surface area (Å²) >= 11 is 0. The molecule has 0 bridgehead atoms. The monoisotopic (exact) mass is 219 g/mol. The van der Waals surface area contributed by atoms with Crippen LogP contribution in [-0.4, -0.2) is 15.2 Å². The fourth-order valence-corrected chi connectivity index (χ4v) is 1.11. The zero-order chi connectivity index (χ0) is 11.3. The van der Waals surface area contributed by atoms with Crippen LogP contribution in [0.3, 0.4) is 0 Å². The number of nitrogens with one attached hydrogen (secondary N) is 1. The lowest BCUT2D eigenvalue weighted by Gasteiger charge is -1.87. The third kappa shape index (κ3) is 5.29. The van der Waals surface area contributed by atoms with E-state index in [-0.39, 0.29) is 7.43 Å². The maximum absolute atomic E-state index is 3.83. The molecule has 0 saturated carbocycles. The zero-order valence-corrected chi connectivity index (χ0v) is 9.70. The number of hydrogen-bond acceptors (Lipinski definition) is 2. The minimum atomic E-state index is 0. The van der Waals surface area contributed by atoms with E-state index in [4.69, 9.17) is 0 Å². The van der Waals surface area contributed by atoms with Gasteiger partial charge >= 0.3 is 0 Å². The zero-order valence-electron chi connectivity index (χ0n) is 9.70. The molecule has 3 nitrogen and oxygen atoms in total. The second-order valence-electron chi connectivity index (χ2n) is 3.64. The molecule has 2 rings (SSSR count). The van der Waals surface area contributed by atoms with Crippen LogP contribution in [0.1, 0.15) is 30.2 Å². The Labute approximate surface area is 97.9 Å². The van der Waals surface area contributed by atoms with Gasteiger partial charge in [0.1, 0.15) is 0 Å². The van der Waals surface area contributed by atoms with Crippen molar-refractivity contribution in [3.05, 3.63) is 47.0 Å². The molecule has 16 heavy (non-hydrogen) atoms. The molecule has 0 radical (unpaired) electrons. The molecule has 88 valence electrons. The topological polar surface area (TPSA) is 41.6 Å². The van der Waals surface area contributed by atoms with Crippen LogP contribution < -0.4 is 0 Å². The predicted molar refractivity (Wildman–Crippen MR) is 68.5 cm³/mol. The Morgan fingerprint density at radius 1 is 0.750 bits per heavy atom. The van der Waals surface area contributed by atoms with Crippen molar-refractivity contribution in [1.29, 1.82) is 0 Å². The minimum absolute atomic E-state index is 0. The molecule has 0 fully saturated rings. The first kappa shape index (κ1) is 14.4. The van der Waals surface area contributed by atoms with E-state index in [1.54, 1.807) is 0 Å². The highest BCUT2D eigenvalue weighted by Crippen LogP contribution is 1.95. The van der Waals surface area contributed by atoms with Gasteiger partial charge < -0.3 is 4.98 Å². The summed E-state index contributed by atoms with van der Waals surface area (Å²) in [5.74, 6) is 0. The summed E-state index contributed by atoms with van der Waals surface area (Å²) in [4.78, 5) is 3.14. The lowest BCUT2D eigenvalue weighted by Crippen LogP contribution is -1.86. The molecule has 0 aliphatic rings. The summed E-state index contributed by atoms with van der Waals surface area (Å²) in [5, 5.41) is 7.66. The Balaban J connectivity index is 0.000000267. The second kappa shape index (κ2) is 6.77. The van der Waals surface area contributed by atoms with Gasteiger partial charge in [0.25, 0.3) is 0 Å². The minimum Gasteiger partial charge on any atom is -0.363 e. The van der Waals surface area contributed by atoms with Crippen LogP contribution in [-0.2, 0) is 0 Å². The number of aromatic nitrogens is 3. The molecule has 2 aromatic heterocycles. The van der Waals surface area contributed by atoms with Gasteiger partial charge in [0.2, 0.25) is 0 Å². The third-order valence-electron chi connectivity index (χ3n) is 1.91. The summed E-state index contributed by atoms with van der Waals surface area (Å²) < 4.78 is 0. The Bertz CT molecular complexity index is 364. The lowest BCUT2D eigenvalue weighted by atomic mass is 10.4. The Hall–Kier alpha value is -1.64. The van der Waals surface area contributed by atoms with E-state index < -0.39 is 0 Å². The average Bonchev–Trinajstić information content (AvgIpc) is 2.56. The molecule has 0 aromatic carbocycles. The number of rotatable bonds is 0. The molecule has 0 aliphatic heterocycles. The fourth-order valence-electron chi connectivity index (χ4n) is 1.11. The molecular weight excluding hydrogens is 198 g/mol. The molecule has 2 aromatic rings. The first-order valence-corrected chi connectivity index (χ1v) is 4.97. The van der Waals surface area contributed by atoms with E-state index in [1.807, 2.05) is 39.8 Å². The van der Waals surface area contributed by atoms with Gasteiger partial charge in [0.05, 0.1) is 11.4 Å². The SMILES string of the molecule is C.Cc1ccc(C)[nH]1.Cc1ccc(C)nn1. The van der Waals surface area contributed by atoms with Crippen molar-refractivity contribution in [2.75, 3.05) is 0 Å². The van der Waals surface area contributed by atoms with Crippen LogP contribution >= 0.6 is 0 Å². The molecule has 0 atom stereocenters. The number of H-pyrrole nitrogens is 1. The highest BCUT2D eigenvalue weighted by atomic mass is 15.1. The summed E-state index contributed by atoms with van der Waals surface area (Å²) in [6.45, 7) is 7.94. The van der Waals surface area contributed by atoms with E-state index in [9.17, 15) is 0 Å². The standard InChI is InChI=1S/C6H8N2.C6H9N.CH4/c1-5-3-4-6(2)8-7-5;1-5-3-4-6(2)7-5;/h3-4H,1-2H3;3-4,7H,1-2H3;1H4. The quantitative estimate of drug-likeness (QED) is 0.738. The summed E-state index contributed by atoms with van der Waals surface area (Å²) in [6, 6.07) is 8.02. The normalized spacial score (nSPS) is 8.75. The molecular formula is C13H21N3. The van der Waals surface area contributed by atoms with Crippen LogP contribution in [0.15, 0.2) is 24.3 Å². The van der Waals surface area contributed by atoms with Gasteiger partial charge in [0, 0.05) is 11.4 Å². The van der Waals surface area contributed by atoms with Crippen LogP contribution in [0, 0.1) is 27.7 Å². The largest absolute Gasteiger partial charge is 0.363 e. The van der Waals surface area contributed by atoms with E-state index in [2.05, 4.69) is 27.3 Å². The van der Waals surface area contributed by atoms with Gasteiger partial charge in [0.15, 0.2) is 0 Å². The van der Waals surface area contributed by atoms with Gasteiger partial charge in [-0.25, -0.2) is 0 Å². The van der Waals surface area contributed by atoms with Gasteiger partial charge in [-0.3, -0.25) is 0 Å². The van der Waals surface area contributed by atoms with Gasteiger partial charge in [-0.2, -0.15) is 10.2 Å². The smallest absolute Gasteiger partial charge is 0.0600 e. The maximum Gasteiger partial charge on any atom is 0.0600 e. The van der Waals surface area contributed by atoms with Gasteiger partial charge in [-0.05, 0) is 52.0 Å². The summed E-state index contributed by atoms with van der Waals surface area (Å²) in [6.07, 6.45) is 0. The molecule has 0 spiro atoms. The Morgan fingerprint density at radius 3 is 1.31 bits per heavy atom. The van der Waals surface area contributed by atoms with Crippen LogP contribution in [0.5, 0.6) is 0 Å². The van der Waals surface area contributed by atoms with Gasteiger partial charge in [-0.15, -0.1) is 0 Å². The fraction of sp³-hybridized carbons (Fsp3) is 0.385. The Morgan fingerprint density at radius 2 is 1.12 bits per heavy atom. The van der Waals surface area contributed by atoms with Crippen molar-refractivity contribution in [2.45, 2.75) is 35.1 Å². The van der Waals surface area contributed by atoms with Crippen molar-refractivity contribution in [2.24, 2.45) is 0 Å². The molecule has 0 unspecified atom stereocenters. The maximum atomic E-state index is 3.83. The first-order chi connectivity index (χ1) is 7.08. The van der Waals surface area contributed by atoms with Gasteiger partial charge in [-0.1, -0.05) is 7.43 Å². The van der Waals surface area contributed by atoms with E-state index in [0.717, 1.165) is 11.4 Å². The third-order valence-corrected chi connectivity index (χ3v) is 1.91. The molecule has 0 saturated heterocycles.